The minimum atomic E-state index is -0.452. The predicted molar refractivity (Wildman–Crippen MR) is 173 cm³/mol. The van der Waals surface area contributed by atoms with Gasteiger partial charge in [-0.05, 0) is 76.4 Å². The number of hydrogen-bond acceptors (Lipinski definition) is 9. The molecular formula is C33H25BrN4O7. The molecule has 226 valence electrons. The molecule has 0 N–H and O–H groups in total. The Morgan fingerprint density at radius 3 is 2.62 bits per heavy atom. The molecule has 0 spiro atoms. The Labute approximate surface area is 264 Å². The summed E-state index contributed by atoms with van der Waals surface area (Å²) < 4.78 is 25.2. The third-order valence-corrected chi connectivity index (χ3v) is 7.46. The molecule has 0 radical (unpaired) electrons. The van der Waals surface area contributed by atoms with Crippen molar-refractivity contribution in [2.45, 2.75) is 13.5 Å². The molecule has 12 heteroatoms. The molecule has 6 aromatic rings. The first-order valence-corrected chi connectivity index (χ1v) is 14.6. The summed E-state index contributed by atoms with van der Waals surface area (Å²) in [7, 11) is 1.58. The Kier molecular flexibility index (Phi) is 8.30. The second kappa shape index (κ2) is 12.6. The third kappa shape index (κ3) is 6.00. The maximum atomic E-state index is 13.7. The smallest absolute Gasteiger partial charge is 0.282 e. The Balaban J connectivity index is 1.39. The van der Waals surface area contributed by atoms with Crippen LogP contribution in [0, 0.1) is 10.1 Å². The number of ether oxygens (including phenoxy) is 3. The minimum absolute atomic E-state index is 0.0219. The van der Waals surface area contributed by atoms with E-state index in [9.17, 15) is 14.9 Å². The average Bonchev–Trinajstić information content (AvgIpc) is 3.49. The average molecular weight is 669 g/mol. The molecule has 0 saturated heterocycles. The number of aromatic nitrogens is 2. The van der Waals surface area contributed by atoms with Crippen molar-refractivity contribution in [1.29, 1.82) is 0 Å². The summed E-state index contributed by atoms with van der Waals surface area (Å²) in [6.45, 7) is 2.28. The van der Waals surface area contributed by atoms with Gasteiger partial charge in [0, 0.05) is 12.1 Å². The Hall–Kier alpha value is -5.49. The number of hydrogen-bond donors (Lipinski definition) is 0. The van der Waals surface area contributed by atoms with E-state index in [-0.39, 0.29) is 23.7 Å². The van der Waals surface area contributed by atoms with Gasteiger partial charge in [0.1, 0.15) is 17.9 Å². The molecule has 2 heterocycles. The van der Waals surface area contributed by atoms with Crippen LogP contribution in [0.1, 0.15) is 18.1 Å². The number of methoxy groups -OCH3 is 1. The fraction of sp³-hybridized carbons (Fsp3) is 0.121. The van der Waals surface area contributed by atoms with Gasteiger partial charge >= 0.3 is 0 Å². The van der Waals surface area contributed by atoms with Crippen LogP contribution >= 0.6 is 15.9 Å². The highest BCUT2D eigenvalue weighted by atomic mass is 79.9. The Bertz CT molecular complexity index is 2160. The number of non-ortho nitro benzene ring substituents is 1. The maximum absolute atomic E-state index is 13.7. The van der Waals surface area contributed by atoms with Crippen molar-refractivity contribution >= 4 is 49.7 Å². The first-order chi connectivity index (χ1) is 21.9. The summed E-state index contributed by atoms with van der Waals surface area (Å²) in [4.78, 5) is 29.2. The van der Waals surface area contributed by atoms with Crippen LogP contribution in [0.4, 0.5) is 5.69 Å². The van der Waals surface area contributed by atoms with Crippen LogP contribution in [0.3, 0.4) is 0 Å². The fourth-order valence-electron chi connectivity index (χ4n) is 4.82. The Morgan fingerprint density at radius 2 is 1.82 bits per heavy atom. The summed E-state index contributed by atoms with van der Waals surface area (Å²) in [6.07, 6.45) is 1.52. The second-order valence-corrected chi connectivity index (χ2v) is 10.6. The van der Waals surface area contributed by atoms with Gasteiger partial charge < -0.3 is 18.6 Å². The van der Waals surface area contributed by atoms with Crippen LogP contribution in [-0.2, 0) is 6.61 Å². The summed E-state index contributed by atoms with van der Waals surface area (Å²) in [5.74, 6) is 2.03. The van der Waals surface area contributed by atoms with Crippen LogP contribution < -0.4 is 19.8 Å². The summed E-state index contributed by atoms with van der Waals surface area (Å²) in [5, 5.41) is 16.8. The number of benzene rings is 4. The van der Waals surface area contributed by atoms with Crippen molar-refractivity contribution in [3.8, 4) is 28.8 Å². The van der Waals surface area contributed by atoms with Crippen LogP contribution in [0.25, 0.3) is 33.5 Å². The number of nitrogens with zero attached hydrogens (tertiary/aromatic N) is 4. The first kappa shape index (κ1) is 29.6. The summed E-state index contributed by atoms with van der Waals surface area (Å²) in [5.41, 5.74) is 1.91. The number of rotatable bonds is 10. The standard InChI is InChI=1S/C33H25BrN4O7/c1-3-43-29-16-21(15-25(34)31(29)44-19-20-8-6-9-22(14-20)38(40)41)18-35-37-32(36-26-11-5-4-10-23(26)33(37)39)30-17-24-27(42-2)12-7-13-28(24)45-30/h4-18H,3,19H2,1-2H3. The van der Waals surface area contributed by atoms with Crippen molar-refractivity contribution in [2.75, 3.05) is 13.7 Å². The summed E-state index contributed by atoms with van der Waals surface area (Å²) in [6, 6.07) is 24.0. The molecule has 0 aliphatic rings. The molecule has 0 aliphatic carbocycles. The van der Waals surface area contributed by atoms with E-state index in [1.165, 1.54) is 23.0 Å². The van der Waals surface area contributed by atoms with Gasteiger partial charge in [-0.15, -0.1) is 0 Å². The number of fused-ring (bicyclic) bond motifs is 2. The van der Waals surface area contributed by atoms with Crippen LogP contribution in [0.15, 0.2) is 104 Å². The zero-order valence-electron chi connectivity index (χ0n) is 24.1. The lowest BCUT2D eigenvalue weighted by molar-refractivity contribution is -0.384. The third-order valence-electron chi connectivity index (χ3n) is 6.87. The molecule has 0 unspecified atom stereocenters. The minimum Gasteiger partial charge on any atom is -0.496 e. The molecule has 0 amide bonds. The highest BCUT2D eigenvalue weighted by Crippen LogP contribution is 2.38. The van der Waals surface area contributed by atoms with Crippen molar-refractivity contribution in [3.63, 3.8) is 0 Å². The van der Waals surface area contributed by atoms with Gasteiger partial charge in [0.25, 0.3) is 11.2 Å². The fourth-order valence-corrected chi connectivity index (χ4v) is 5.39. The number of nitro groups is 1. The molecule has 11 nitrogen and oxygen atoms in total. The van der Waals surface area contributed by atoms with E-state index in [1.54, 1.807) is 55.6 Å². The van der Waals surface area contributed by atoms with Gasteiger partial charge in [-0.2, -0.15) is 9.78 Å². The predicted octanol–water partition coefficient (Wildman–Crippen LogP) is 7.35. The lowest BCUT2D eigenvalue weighted by Gasteiger charge is -2.15. The SMILES string of the molecule is CCOc1cc(C=Nn2c(-c3cc4c(OC)cccc4o3)nc3ccccc3c2=O)cc(Br)c1OCc1cccc([N+](=O)[O-])c1. The monoisotopic (exact) mass is 668 g/mol. The molecular weight excluding hydrogens is 644 g/mol. The van der Waals surface area contributed by atoms with Crippen LogP contribution in [0.5, 0.6) is 17.2 Å². The lowest BCUT2D eigenvalue weighted by Crippen LogP contribution is -2.20. The molecule has 4 aromatic carbocycles. The van der Waals surface area contributed by atoms with Crippen molar-refractivity contribution in [1.82, 2.24) is 9.66 Å². The molecule has 45 heavy (non-hydrogen) atoms. The molecule has 6 rings (SSSR count). The van der Waals surface area contributed by atoms with E-state index in [0.29, 0.717) is 61.7 Å². The maximum Gasteiger partial charge on any atom is 0.282 e. The normalized spacial score (nSPS) is 11.4. The zero-order chi connectivity index (χ0) is 31.5. The Morgan fingerprint density at radius 1 is 1.00 bits per heavy atom. The van der Waals surface area contributed by atoms with Gasteiger partial charge in [-0.1, -0.05) is 30.3 Å². The van der Waals surface area contributed by atoms with Crippen molar-refractivity contribution in [3.05, 3.63) is 121 Å². The molecule has 0 fully saturated rings. The van der Waals surface area contributed by atoms with E-state index in [0.717, 1.165) is 5.39 Å². The van der Waals surface area contributed by atoms with Crippen molar-refractivity contribution < 1.29 is 23.6 Å². The summed E-state index contributed by atoms with van der Waals surface area (Å²) >= 11 is 3.55. The zero-order valence-corrected chi connectivity index (χ0v) is 25.7. The van der Waals surface area contributed by atoms with Crippen LogP contribution in [-0.4, -0.2) is 34.5 Å². The van der Waals surface area contributed by atoms with E-state index >= 15 is 0 Å². The van der Waals surface area contributed by atoms with Gasteiger partial charge in [0.2, 0.25) is 5.82 Å². The van der Waals surface area contributed by atoms with E-state index in [2.05, 4.69) is 21.0 Å². The van der Waals surface area contributed by atoms with Gasteiger partial charge in [-0.3, -0.25) is 14.9 Å². The van der Waals surface area contributed by atoms with E-state index < -0.39 is 4.92 Å². The lowest BCUT2D eigenvalue weighted by atomic mass is 10.2. The molecule has 0 aliphatic heterocycles. The number of nitro benzene ring substituents is 1. The highest BCUT2D eigenvalue weighted by molar-refractivity contribution is 9.10. The molecule has 0 bridgehead atoms. The molecule has 2 aromatic heterocycles. The second-order valence-electron chi connectivity index (χ2n) is 9.78. The van der Waals surface area contributed by atoms with Crippen molar-refractivity contribution in [2.24, 2.45) is 5.10 Å². The number of para-hydroxylation sites is 1. The largest absolute Gasteiger partial charge is 0.496 e. The number of halogens is 1. The highest BCUT2D eigenvalue weighted by Gasteiger charge is 2.19. The quantitative estimate of drug-likeness (QED) is 0.0841. The first-order valence-electron chi connectivity index (χ1n) is 13.8. The van der Waals surface area contributed by atoms with Gasteiger partial charge in [0.05, 0.1) is 45.6 Å². The van der Waals surface area contributed by atoms with Gasteiger partial charge in [0.15, 0.2) is 17.3 Å². The molecule has 0 atom stereocenters. The van der Waals surface area contributed by atoms with Gasteiger partial charge in [-0.25, -0.2) is 4.98 Å². The molecule has 0 saturated carbocycles. The van der Waals surface area contributed by atoms with E-state index in [1.807, 2.05) is 31.2 Å². The number of furan rings is 1. The van der Waals surface area contributed by atoms with Crippen LogP contribution in [0.2, 0.25) is 0 Å². The van der Waals surface area contributed by atoms with E-state index in [4.69, 9.17) is 23.6 Å². The topological polar surface area (TPSA) is 131 Å².